The molecule has 0 unspecified atom stereocenters. The van der Waals surface area contributed by atoms with Gasteiger partial charge in [-0.1, -0.05) is 34.6 Å². The fourth-order valence-corrected chi connectivity index (χ4v) is 4.40. The van der Waals surface area contributed by atoms with Crippen molar-refractivity contribution in [3.8, 4) is 5.75 Å². The molecule has 0 aliphatic rings. The van der Waals surface area contributed by atoms with Gasteiger partial charge in [-0.15, -0.1) is 0 Å². The predicted octanol–water partition coefficient (Wildman–Crippen LogP) is 4.19. The van der Waals surface area contributed by atoms with E-state index in [1.165, 1.54) is 12.1 Å². The van der Waals surface area contributed by atoms with Crippen LogP contribution in [0.1, 0.15) is 52.2 Å². The van der Waals surface area contributed by atoms with Crippen LogP contribution in [0, 0.1) is 6.92 Å². The zero-order chi connectivity index (χ0) is 19.8. The Morgan fingerprint density at radius 1 is 1.12 bits per heavy atom. The molecule has 144 valence electrons. The van der Waals surface area contributed by atoms with Gasteiger partial charge in [-0.25, -0.2) is 0 Å². The van der Waals surface area contributed by atoms with Crippen molar-refractivity contribution >= 4 is 21.2 Å². The van der Waals surface area contributed by atoms with Crippen LogP contribution in [-0.2, 0) is 14.4 Å². The highest BCUT2D eigenvalue weighted by atomic mass is 31.2. The summed E-state index contributed by atoms with van der Waals surface area (Å²) in [6.07, 6.45) is 0.711. The summed E-state index contributed by atoms with van der Waals surface area (Å²) in [5.74, 6) is -0.0735. The van der Waals surface area contributed by atoms with Gasteiger partial charge in [-0.2, -0.15) is 0 Å². The van der Waals surface area contributed by atoms with Crippen LogP contribution in [0.3, 0.4) is 0 Å². The molecule has 0 heterocycles. The molecule has 1 aromatic carbocycles. The molecule has 0 aliphatic heterocycles. The van der Waals surface area contributed by atoms with Gasteiger partial charge in [-0.05, 0) is 54.6 Å². The van der Waals surface area contributed by atoms with E-state index in [2.05, 4.69) is 33.9 Å². The van der Waals surface area contributed by atoms with Gasteiger partial charge in [0.15, 0.2) is 8.32 Å². The lowest BCUT2D eigenvalue weighted by molar-refractivity contribution is 0.248. The largest absolute Gasteiger partial charge is 0.508 e. The number of phenolic OH excluding ortho intramolecular Hbond substituents is 1. The molecule has 1 aromatic rings. The summed E-state index contributed by atoms with van der Waals surface area (Å²) < 4.78 is 17.7. The molecule has 0 spiro atoms. The second-order valence-corrected chi connectivity index (χ2v) is 15.4. The third kappa shape index (κ3) is 5.41. The van der Waals surface area contributed by atoms with Gasteiger partial charge in [0, 0.05) is 12.2 Å². The van der Waals surface area contributed by atoms with Crippen LogP contribution in [0.2, 0.25) is 18.1 Å². The van der Waals surface area contributed by atoms with E-state index >= 15 is 0 Å². The molecule has 5 nitrogen and oxygen atoms in total. The summed E-state index contributed by atoms with van der Waals surface area (Å²) in [5.41, 5.74) is 1.02. The molecule has 0 radical (unpaired) electrons. The van der Waals surface area contributed by atoms with Crippen LogP contribution in [0.25, 0.3) is 0 Å². The summed E-state index contributed by atoms with van der Waals surface area (Å²) in [4.78, 5) is 18.6. The number of benzene rings is 1. The lowest BCUT2D eigenvalue weighted by atomic mass is 9.79. The molecule has 0 atom stereocenters. The summed E-state index contributed by atoms with van der Waals surface area (Å²) in [6, 6.07) is 2.64. The first kappa shape index (κ1) is 22.4. The van der Waals surface area contributed by atoms with Crippen molar-refractivity contribution in [2.75, 3.05) is 6.61 Å². The van der Waals surface area contributed by atoms with E-state index in [0.29, 0.717) is 24.2 Å². The van der Waals surface area contributed by atoms with Crippen LogP contribution >= 0.6 is 7.60 Å². The van der Waals surface area contributed by atoms with Gasteiger partial charge < -0.3 is 19.3 Å². The zero-order valence-electron chi connectivity index (χ0n) is 16.7. The van der Waals surface area contributed by atoms with Crippen molar-refractivity contribution in [2.45, 2.75) is 71.5 Å². The number of aryl methyl sites for hydroxylation is 1. The molecule has 0 saturated carbocycles. The molecule has 0 saturated heterocycles. The summed E-state index contributed by atoms with van der Waals surface area (Å²) in [7, 11) is -6.22. The third-order valence-corrected chi connectivity index (χ3v) is 10.8. The Balaban J connectivity index is 3.02. The highest BCUT2D eigenvalue weighted by molar-refractivity contribution is 7.60. The molecular weight excluding hydrogens is 355 g/mol. The maximum atomic E-state index is 11.4. The summed E-state index contributed by atoms with van der Waals surface area (Å²) >= 11 is 0. The third-order valence-electron chi connectivity index (χ3n) is 5.31. The van der Waals surface area contributed by atoms with E-state index in [9.17, 15) is 19.5 Å². The van der Waals surface area contributed by atoms with Gasteiger partial charge in [0.2, 0.25) is 0 Å². The minimum atomic E-state index is -4.39. The number of hydrogen-bond acceptors (Lipinski definition) is 3. The minimum Gasteiger partial charge on any atom is -0.508 e. The quantitative estimate of drug-likeness (QED) is 0.502. The van der Waals surface area contributed by atoms with Gasteiger partial charge in [0.1, 0.15) is 5.75 Å². The Labute approximate surface area is 152 Å². The van der Waals surface area contributed by atoms with Crippen LogP contribution in [0.15, 0.2) is 12.1 Å². The SMILES string of the molecule is Cc1cc(P(=O)(O)O)cc(O)c1C(C)(C)CCO[Si](C)(C)C(C)(C)C. The standard InChI is InChI=1S/C18H33O5PSi/c1-13-11-14(24(20,21)22)12-15(19)16(13)18(5,6)9-10-23-25(7,8)17(2,3)4/h11-12,19H,9-10H2,1-8H3,(H2,20,21,22). The first-order valence-electron chi connectivity index (χ1n) is 8.53. The number of aromatic hydroxyl groups is 1. The van der Waals surface area contributed by atoms with Gasteiger partial charge in [0.05, 0.1) is 5.30 Å². The Bertz CT molecular complexity index is 648. The van der Waals surface area contributed by atoms with Crippen molar-refractivity contribution in [3.05, 3.63) is 23.3 Å². The maximum Gasteiger partial charge on any atom is 0.356 e. The summed E-state index contributed by atoms with van der Waals surface area (Å²) in [6.45, 7) is 17.4. The molecule has 0 aliphatic carbocycles. The van der Waals surface area contributed by atoms with E-state index in [0.717, 1.165) is 0 Å². The van der Waals surface area contributed by atoms with E-state index < -0.39 is 15.9 Å². The first-order chi connectivity index (χ1) is 11.0. The molecule has 3 N–H and O–H groups in total. The van der Waals surface area contributed by atoms with Crippen molar-refractivity contribution in [3.63, 3.8) is 0 Å². The molecular formula is C18H33O5PSi. The second kappa shape index (κ2) is 7.16. The molecule has 0 fully saturated rings. The predicted molar refractivity (Wildman–Crippen MR) is 105 cm³/mol. The normalized spacial score (nSPS) is 14.0. The van der Waals surface area contributed by atoms with E-state index in [1.807, 2.05) is 13.8 Å². The lowest BCUT2D eigenvalue weighted by Crippen LogP contribution is -2.41. The Morgan fingerprint density at radius 3 is 2.04 bits per heavy atom. The Hall–Kier alpha value is -0.653. The average molecular weight is 389 g/mol. The number of phenols is 1. The lowest BCUT2D eigenvalue weighted by Gasteiger charge is -2.37. The molecule has 0 amide bonds. The first-order valence-corrected chi connectivity index (χ1v) is 13.1. The monoisotopic (exact) mass is 388 g/mol. The second-order valence-electron chi connectivity index (χ2n) is 8.94. The molecule has 1 rings (SSSR count). The Morgan fingerprint density at radius 2 is 1.64 bits per heavy atom. The topological polar surface area (TPSA) is 87.0 Å². The highest BCUT2D eigenvalue weighted by Gasteiger charge is 2.38. The fraction of sp³-hybridized carbons (Fsp3) is 0.667. The van der Waals surface area contributed by atoms with Crippen LogP contribution < -0.4 is 5.30 Å². The van der Waals surface area contributed by atoms with Crippen molar-refractivity contribution in [2.24, 2.45) is 0 Å². The molecule has 0 bridgehead atoms. The smallest absolute Gasteiger partial charge is 0.356 e. The maximum absolute atomic E-state index is 11.4. The molecule has 0 aromatic heterocycles. The van der Waals surface area contributed by atoms with Crippen LogP contribution in [0.4, 0.5) is 0 Å². The minimum absolute atomic E-state index is 0.0735. The number of hydrogen-bond donors (Lipinski definition) is 3. The zero-order valence-corrected chi connectivity index (χ0v) is 18.6. The van der Waals surface area contributed by atoms with Crippen molar-refractivity contribution in [1.29, 1.82) is 0 Å². The molecule has 7 heteroatoms. The molecule has 25 heavy (non-hydrogen) atoms. The van der Waals surface area contributed by atoms with Crippen molar-refractivity contribution < 1.29 is 23.9 Å². The highest BCUT2D eigenvalue weighted by Crippen LogP contribution is 2.41. The van der Waals surface area contributed by atoms with Gasteiger partial charge >= 0.3 is 7.60 Å². The van der Waals surface area contributed by atoms with Crippen LogP contribution in [-0.4, -0.2) is 29.8 Å². The van der Waals surface area contributed by atoms with Gasteiger partial charge in [0.25, 0.3) is 0 Å². The van der Waals surface area contributed by atoms with E-state index in [-0.39, 0.29) is 21.5 Å². The number of rotatable bonds is 6. The summed E-state index contributed by atoms with van der Waals surface area (Å²) in [5, 5.41) is 10.4. The van der Waals surface area contributed by atoms with Crippen molar-refractivity contribution in [1.82, 2.24) is 0 Å². The van der Waals surface area contributed by atoms with E-state index in [4.69, 9.17) is 4.43 Å². The Kier molecular flexibility index (Phi) is 6.41. The fourth-order valence-electron chi connectivity index (χ4n) is 2.70. The van der Waals surface area contributed by atoms with Gasteiger partial charge in [-0.3, -0.25) is 4.57 Å². The van der Waals surface area contributed by atoms with E-state index in [1.54, 1.807) is 6.92 Å². The average Bonchev–Trinajstić information content (AvgIpc) is 2.34. The van der Waals surface area contributed by atoms with Crippen LogP contribution in [0.5, 0.6) is 5.75 Å².